The lowest BCUT2D eigenvalue weighted by Crippen LogP contribution is -2.48. The average Bonchev–Trinajstić information content (AvgIpc) is 2.64. The molecular formula is C17H14BN5OS. The highest BCUT2D eigenvalue weighted by Gasteiger charge is 2.18. The minimum absolute atomic E-state index is 0.398. The molecule has 8 heteroatoms. The van der Waals surface area contributed by atoms with E-state index >= 15 is 0 Å². The van der Waals surface area contributed by atoms with Gasteiger partial charge in [0.1, 0.15) is 10.8 Å². The first kappa shape index (κ1) is 16.8. The number of hydrazine groups is 1. The summed E-state index contributed by atoms with van der Waals surface area (Å²) in [5.41, 5.74) is 7.66. The van der Waals surface area contributed by atoms with E-state index in [1.165, 1.54) is 0 Å². The molecule has 6 nitrogen and oxygen atoms in total. The normalized spacial score (nSPS) is 13.0. The number of carbonyl (C=O) groups is 1. The number of hydrogen-bond donors (Lipinski definition) is 3. The van der Waals surface area contributed by atoms with E-state index in [0.717, 1.165) is 11.3 Å². The van der Waals surface area contributed by atoms with Gasteiger partial charge in [0.25, 0.3) is 0 Å². The Hall–Kier alpha value is -3.09. The molecule has 1 aliphatic heterocycles. The van der Waals surface area contributed by atoms with Crippen LogP contribution in [0.4, 0.5) is 16.3 Å². The van der Waals surface area contributed by atoms with Crippen LogP contribution in [0.5, 0.6) is 0 Å². The lowest BCUT2D eigenvalue weighted by molar-refractivity contribution is 0.254. The summed E-state index contributed by atoms with van der Waals surface area (Å²) in [4.78, 5) is 16.9. The highest BCUT2D eigenvalue weighted by Crippen LogP contribution is 2.16. The number of rotatable bonds is 4. The summed E-state index contributed by atoms with van der Waals surface area (Å²) in [5, 5.41) is 7.03. The number of benzene rings is 1. The zero-order valence-corrected chi connectivity index (χ0v) is 14.0. The molecule has 0 bridgehead atoms. The third-order valence-electron chi connectivity index (χ3n) is 3.33. The van der Waals surface area contributed by atoms with E-state index in [1.54, 1.807) is 29.4 Å². The minimum Gasteiger partial charge on any atom is -0.292 e. The summed E-state index contributed by atoms with van der Waals surface area (Å²) in [7, 11) is 5.53. The Labute approximate surface area is 152 Å². The molecule has 2 heterocycles. The van der Waals surface area contributed by atoms with Crippen molar-refractivity contribution < 1.29 is 4.79 Å². The predicted molar refractivity (Wildman–Crippen MR) is 102 cm³/mol. The van der Waals surface area contributed by atoms with Crippen molar-refractivity contribution in [3.63, 3.8) is 0 Å². The maximum atomic E-state index is 12.2. The summed E-state index contributed by atoms with van der Waals surface area (Å²) in [5.74, 6) is 0.834. The molecule has 2 aromatic rings. The maximum absolute atomic E-state index is 12.2. The zero-order valence-electron chi connectivity index (χ0n) is 13.2. The van der Waals surface area contributed by atoms with E-state index in [2.05, 4.69) is 26.8 Å². The number of nitrogens with zero attached hydrogens (tertiary/aromatic N) is 2. The van der Waals surface area contributed by atoms with Gasteiger partial charge >= 0.3 is 6.03 Å². The molecule has 0 spiro atoms. The quantitative estimate of drug-likeness (QED) is 0.450. The van der Waals surface area contributed by atoms with Crippen molar-refractivity contribution in [1.82, 2.24) is 15.7 Å². The summed E-state index contributed by atoms with van der Waals surface area (Å²) in [6.07, 6.45) is 3.60. The average molecular weight is 347 g/mol. The second-order valence-electron chi connectivity index (χ2n) is 5.12. The van der Waals surface area contributed by atoms with Crippen molar-refractivity contribution in [3.8, 4) is 0 Å². The number of hydrogen-bond acceptors (Lipinski definition) is 4. The molecule has 122 valence electrons. The highest BCUT2D eigenvalue weighted by molar-refractivity contribution is 7.80. The molecule has 25 heavy (non-hydrogen) atoms. The first-order chi connectivity index (χ1) is 12.2. The largest absolute Gasteiger partial charge is 0.326 e. The van der Waals surface area contributed by atoms with Crippen molar-refractivity contribution in [1.29, 1.82) is 0 Å². The Bertz CT molecular complexity index is 847. The molecule has 0 fully saturated rings. The fraction of sp³-hybridized carbons (Fsp3) is 0.0588. The molecule has 0 unspecified atom stereocenters. The molecule has 2 amide bonds. The summed E-state index contributed by atoms with van der Waals surface area (Å²) < 4.78 is 0. The van der Waals surface area contributed by atoms with E-state index in [4.69, 9.17) is 20.1 Å². The summed E-state index contributed by atoms with van der Waals surface area (Å²) in [6.45, 7) is 0. The molecular weight excluding hydrogens is 333 g/mol. The van der Waals surface area contributed by atoms with Gasteiger partial charge in [0.05, 0.1) is 13.5 Å². The molecule has 3 rings (SSSR count). The van der Waals surface area contributed by atoms with Gasteiger partial charge in [-0.3, -0.25) is 16.1 Å². The van der Waals surface area contributed by atoms with Crippen molar-refractivity contribution in [3.05, 3.63) is 71.9 Å². The smallest absolute Gasteiger partial charge is 0.292 e. The topological polar surface area (TPSA) is 69.3 Å². The van der Waals surface area contributed by atoms with Crippen LogP contribution in [-0.4, -0.2) is 23.8 Å². The first-order valence-electron chi connectivity index (χ1n) is 7.51. The number of carbonyl (C=O) groups excluding carboxylic acids is 1. The Morgan fingerprint density at radius 3 is 2.72 bits per heavy atom. The maximum Gasteiger partial charge on any atom is 0.326 e. The van der Waals surface area contributed by atoms with Gasteiger partial charge in [-0.25, -0.2) is 14.8 Å². The van der Waals surface area contributed by atoms with Crippen LogP contribution in [0.1, 0.15) is 5.56 Å². The number of thiocarbonyl (C=S) groups is 1. The van der Waals surface area contributed by atoms with Crippen LogP contribution in [0.15, 0.2) is 66.3 Å². The monoisotopic (exact) mass is 347 g/mol. The predicted octanol–water partition coefficient (Wildman–Crippen LogP) is 2.22. The van der Waals surface area contributed by atoms with E-state index in [0.29, 0.717) is 22.9 Å². The van der Waals surface area contributed by atoms with Crippen LogP contribution in [0.25, 0.3) is 0 Å². The lowest BCUT2D eigenvalue weighted by Gasteiger charge is -2.28. The molecule has 0 saturated heterocycles. The fourth-order valence-electron chi connectivity index (χ4n) is 2.13. The number of nitrogens with one attached hydrogen (secondary N) is 3. The van der Waals surface area contributed by atoms with Crippen molar-refractivity contribution in [2.45, 2.75) is 6.32 Å². The SMILES string of the molecule is [B]Cc1ccc(NC(=O)NC2=C=CC(=S)NN2c2ccccc2)nc1. The van der Waals surface area contributed by atoms with Gasteiger partial charge in [0, 0.05) is 12.3 Å². The van der Waals surface area contributed by atoms with Crippen molar-refractivity contribution in [2.75, 3.05) is 10.3 Å². The van der Waals surface area contributed by atoms with Gasteiger partial charge in [0.2, 0.25) is 0 Å². The molecule has 1 aromatic heterocycles. The van der Waals surface area contributed by atoms with E-state index in [-0.39, 0.29) is 0 Å². The summed E-state index contributed by atoms with van der Waals surface area (Å²) in [6, 6.07) is 12.5. The van der Waals surface area contributed by atoms with Crippen LogP contribution >= 0.6 is 12.2 Å². The molecule has 0 saturated carbocycles. The molecule has 2 radical (unpaired) electrons. The molecule has 1 aliphatic rings. The molecule has 3 N–H and O–H groups in total. The van der Waals surface area contributed by atoms with Crippen molar-refractivity contribution in [2.24, 2.45) is 0 Å². The Balaban J connectivity index is 1.73. The van der Waals surface area contributed by atoms with Crippen LogP contribution in [0.3, 0.4) is 0 Å². The van der Waals surface area contributed by atoms with Gasteiger partial charge < -0.3 is 0 Å². The number of aromatic nitrogens is 1. The summed E-state index contributed by atoms with van der Waals surface area (Å²) >= 11 is 5.15. The molecule has 1 aromatic carbocycles. The van der Waals surface area contributed by atoms with Gasteiger partial charge in [0.15, 0.2) is 5.82 Å². The van der Waals surface area contributed by atoms with Gasteiger partial charge in [-0.05, 0) is 23.8 Å². The Kier molecular flexibility index (Phi) is 5.13. The third-order valence-corrected chi connectivity index (χ3v) is 3.54. The number of anilines is 2. The minimum atomic E-state index is -0.445. The van der Waals surface area contributed by atoms with Crippen LogP contribution in [-0.2, 0) is 6.32 Å². The first-order valence-corrected chi connectivity index (χ1v) is 7.92. The van der Waals surface area contributed by atoms with Crippen LogP contribution in [0.2, 0.25) is 0 Å². The van der Waals surface area contributed by atoms with Crippen molar-refractivity contribution >= 4 is 42.6 Å². The van der Waals surface area contributed by atoms with E-state index < -0.39 is 6.03 Å². The molecule has 0 atom stereocenters. The lowest BCUT2D eigenvalue weighted by atomic mass is 9.99. The molecule has 0 aliphatic carbocycles. The number of pyridine rings is 1. The third kappa shape index (κ3) is 4.26. The van der Waals surface area contributed by atoms with Gasteiger partial charge in [-0.1, -0.05) is 48.5 Å². The van der Waals surface area contributed by atoms with Gasteiger partial charge in [-0.15, -0.1) is 0 Å². The van der Waals surface area contributed by atoms with Gasteiger partial charge in [-0.2, -0.15) is 0 Å². The Morgan fingerprint density at radius 2 is 2.04 bits per heavy atom. The van der Waals surface area contributed by atoms with E-state index in [1.807, 2.05) is 30.3 Å². The number of para-hydroxylation sites is 1. The number of urea groups is 1. The Morgan fingerprint density at radius 1 is 1.24 bits per heavy atom. The van der Waals surface area contributed by atoms with Crippen LogP contribution < -0.4 is 21.1 Å². The second kappa shape index (κ2) is 7.66. The highest BCUT2D eigenvalue weighted by atomic mass is 32.1. The van der Waals surface area contributed by atoms with E-state index in [9.17, 15) is 4.79 Å². The standard InChI is InChI=1S/C17H14BN5OS/c18-10-12-6-7-14(19-11-12)20-17(24)21-15-8-9-16(25)22-23(15)13-4-2-1-3-5-13/h1-7,9,11H,10H2,(H,22,25)(H2,19,20,21,24). The van der Waals surface area contributed by atoms with Crippen LogP contribution in [0, 0.1) is 0 Å². The number of amides is 2. The zero-order chi connectivity index (χ0) is 17.6. The second-order valence-corrected chi connectivity index (χ2v) is 5.56. The fourth-order valence-corrected chi connectivity index (χ4v) is 2.28.